The quantitative estimate of drug-likeness (QED) is 0.770. The summed E-state index contributed by atoms with van der Waals surface area (Å²) in [5.74, 6) is -0.0228. The summed E-state index contributed by atoms with van der Waals surface area (Å²) in [5, 5.41) is 8.14. The number of aromatic nitrogens is 2. The highest BCUT2D eigenvalue weighted by Gasteiger charge is 2.06. The van der Waals surface area contributed by atoms with E-state index >= 15 is 0 Å². The number of carbonyl (C=O) groups excluding carboxylic acids is 1. The number of fused-ring (bicyclic) bond motifs is 1. The van der Waals surface area contributed by atoms with Crippen molar-refractivity contribution in [3.05, 3.63) is 30.5 Å². The topological polar surface area (TPSA) is 56.1 Å². The van der Waals surface area contributed by atoms with Crippen molar-refractivity contribution < 1.29 is 9.53 Å². The van der Waals surface area contributed by atoms with Crippen LogP contribution in [0.1, 0.15) is 13.3 Å². The van der Waals surface area contributed by atoms with Crippen molar-refractivity contribution in [3.8, 4) is 0 Å². The Bertz CT molecular complexity index is 536. The summed E-state index contributed by atoms with van der Waals surface area (Å²) < 4.78 is 6.93. The van der Waals surface area contributed by atoms with E-state index in [2.05, 4.69) is 10.4 Å². The summed E-state index contributed by atoms with van der Waals surface area (Å²) >= 11 is 0. The van der Waals surface area contributed by atoms with Crippen LogP contribution in [0, 0.1) is 0 Å². The van der Waals surface area contributed by atoms with E-state index in [0.29, 0.717) is 19.8 Å². The summed E-state index contributed by atoms with van der Waals surface area (Å²) in [5.41, 5.74) is 0.979. The van der Waals surface area contributed by atoms with Gasteiger partial charge in [-0.3, -0.25) is 9.48 Å². The van der Waals surface area contributed by atoms with Crippen LogP contribution in [0.15, 0.2) is 30.5 Å². The van der Waals surface area contributed by atoms with Gasteiger partial charge in [-0.1, -0.05) is 18.2 Å². The van der Waals surface area contributed by atoms with Gasteiger partial charge < -0.3 is 10.1 Å². The summed E-state index contributed by atoms with van der Waals surface area (Å²) in [6.07, 6.45) is 2.61. The van der Waals surface area contributed by atoms with Crippen LogP contribution in [0.2, 0.25) is 0 Å². The second-order valence-electron chi connectivity index (χ2n) is 4.26. The lowest BCUT2D eigenvalue weighted by atomic mass is 10.2. The first-order valence-corrected chi connectivity index (χ1v) is 6.56. The number of benzene rings is 1. The molecule has 1 N–H and O–H groups in total. The summed E-state index contributed by atoms with van der Waals surface area (Å²) in [7, 11) is 0. The minimum absolute atomic E-state index is 0.0228. The van der Waals surface area contributed by atoms with E-state index in [1.807, 2.05) is 31.2 Å². The van der Waals surface area contributed by atoms with Crippen molar-refractivity contribution in [2.75, 3.05) is 19.8 Å². The normalized spacial score (nSPS) is 10.8. The maximum Gasteiger partial charge on any atom is 0.241 e. The van der Waals surface area contributed by atoms with E-state index in [4.69, 9.17) is 4.74 Å². The molecular weight excluding hydrogens is 242 g/mol. The molecule has 1 amide bonds. The van der Waals surface area contributed by atoms with Gasteiger partial charge in [0.2, 0.25) is 5.91 Å². The maximum atomic E-state index is 11.8. The number of carbonyl (C=O) groups is 1. The van der Waals surface area contributed by atoms with E-state index in [9.17, 15) is 4.79 Å². The fourth-order valence-corrected chi connectivity index (χ4v) is 1.89. The number of nitrogens with zero attached hydrogens (tertiary/aromatic N) is 2. The fourth-order valence-electron chi connectivity index (χ4n) is 1.89. The first-order chi connectivity index (χ1) is 9.31. The Morgan fingerprint density at radius 2 is 2.26 bits per heavy atom. The molecule has 19 heavy (non-hydrogen) atoms. The van der Waals surface area contributed by atoms with Gasteiger partial charge in [0, 0.05) is 25.1 Å². The Labute approximate surface area is 112 Å². The highest BCUT2D eigenvalue weighted by molar-refractivity contribution is 5.81. The third-order valence-electron chi connectivity index (χ3n) is 2.84. The van der Waals surface area contributed by atoms with Crippen LogP contribution < -0.4 is 5.32 Å². The number of hydrogen-bond acceptors (Lipinski definition) is 3. The van der Waals surface area contributed by atoms with Gasteiger partial charge in [-0.05, 0) is 19.4 Å². The summed E-state index contributed by atoms with van der Waals surface area (Å²) in [6, 6.07) is 7.85. The van der Waals surface area contributed by atoms with E-state index in [0.717, 1.165) is 17.3 Å². The van der Waals surface area contributed by atoms with Crippen molar-refractivity contribution >= 4 is 16.8 Å². The molecule has 0 atom stereocenters. The molecular formula is C14H19N3O2. The number of amides is 1. The molecule has 102 valence electrons. The lowest BCUT2D eigenvalue weighted by molar-refractivity contribution is -0.121. The van der Waals surface area contributed by atoms with Crippen LogP contribution in [0.5, 0.6) is 0 Å². The van der Waals surface area contributed by atoms with Gasteiger partial charge in [0.25, 0.3) is 0 Å². The maximum absolute atomic E-state index is 11.8. The molecule has 2 rings (SSSR count). The molecule has 0 aliphatic rings. The molecule has 5 heteroatoms. The predicted molar refractivity (Wildman–Crippen MR) is 73.9 cm³/mol. The third-order valence-corrected chi connectivity index (χ3v) is 2.84. The second kappa shape index (κ2) is 6.89. The average Bonchev–Trinajstić information content (AvgIpc) is 2.82. The molecule has 0 radical (unpaired) electrons. The lowest BCUT2D eigenvalue weighted by Gasteiger charge is -2.06. The lowest BCUT2D eigenvalue weighted by Crippen LogP contribution is -2.29. The van der Waals surface area contributed by atoms with Gasteiger partial charge in [-0.15, -0.1) is 0 Å². The van der Waals surface area contributed by atoms with Crippen molar-refractivity contribution in [2.45, 2.75) is 19.9 Å². The Hall–Kier alpha value is -1.88. The molecule has 0 saturated heterocycles. The minimum atomic E-state index is -0.0228. The van der Waals surface area contributed by atoms with E-state index in [-0.39, 0.29) is 12.5 Å². The molecule has 1 aromatic heterocycles. The van der Waals surface area contributed by atoms with Crippen LogP contribution in [-0.2, 0) is 16.1 Å². The average molecular weight is 261 g/mol. The van der Waals surface area contributed by atoms with Gasteiger partial charge in [0.05, 0.1) is 11.7 Å². The molecule has 0 bridgehead atoms. The summed E-state index contributed by atoms with van der Waals surface area (Å²) in [6.45, 7) is 4.25. The molecule has 1 heterocycles. The second-order valence-corrected chi connectivity index (χ2v) is 4.26. The monoisotopic (exact) mass is 261 g/mol. The number of rotatable bonds is 7. The van der Waals surface area contributed by atoms with Crippen molar-refractivity contribution in [1.29, 1.82) is 0 Å². The standard InChI is InChI=1S/C14H19N3O2/c1-2-19-9-5-8-15-14(18)11-17-13-7-4-3-6-12(13)10-16-17/h3-4,6-7,10H,2,5,8-9,11H2,1H3,(H,15,18). The van der Waals surface area contributed by atoms with Crippen molar-refractivity contribution in [2.24, 2.45) is 0 Å². The van der Waals surface area contributed by atoms with E-state index in [1.54, 1.807) is 10.9 Å². The first kappa shape index (κ1) is 13.5. The number of nitrogens with one attached hydrogen (secondary N) is 1. The SMILES string of the molecule is CCOCCCNC(=O)Cn1ncc2ccccc21. The Morgan fingerprint density at radius 1 is 1.42 bits per heavy atom. The van der Waals surface area contributed by atoms with Gasteiger partial charge in [0.15, 0.2) is 0 Å². The first-order valence-electron chi connectivity index (χ1n) is 6.56. The zero-order valence-electron chi connectivity index (χ0n) is 11.1. The van der Waals surface area contributed by atoms with Crippen molar-refractivity contribution in [1.82, 2.24) is 15.1 Å². The molecule has 0 saturated carbocycles. The predicted octanol–water partition coefficient (Wildman–Crippen LogP) is 1.58. The van der Waals surface area contributed by atoms with Gasteiger partial charge in [0.1, 0.15) is 6.54 Å². The van der Waals surface area contributed by atoms with Crippen LogP contribution in [0.4, 0.5) is 0 Å². The Morgan fingerprint density at radius 3 is 3.11 bits per heavy atom. The molecule has 0 aliphatic carbocycles. The zero-order chi connectivity index (χ0) is 13.5. The number of hydrogen-bond donors (Lipinski definition) is 1. The van der Waals surface area contributed by atoms with Gasteiger partial charge in [-0.2, -0.15) is 5.10 Å². The van der Waals surface area contributed by atoms with Gasteiger partial charge in [-0.25, -0.2) is 0 Å². The van der Waals surface area contributed by atoms with Crippen LogP contribution in [0.25, 0.3) is 10.9 Å². The molecule has 2 aromatic rings. The Balaban J connectivity index is 1.82. The molecule has 1 aromatic carbocycles. The van der Waals surface area contributed by atoms with Crippen LogP contribution in [0.3, 0.4) is 0 Å². The van der Waals surface area contributed by atoms with E-state index < -0.39 is 0 Å². The molecule has 0 aliphatic heterocycles. The van der Waals surface area contributed by atoms with Crippen molar-refractivity contribution in [3.63, 3.8) is 0 Å². The highest BCUT2D eigenvalue weighted by Crippen LogP contribution is 2.11. The van der Waals surface area contributed by atoms with Crippen LogP contribution >= 0.6 is 0 Å². The minimum Gasteiger partial charge on any atom is -0.382 e. The molecule has 0 unspecified atom stereocenters. The third kappa shape index (κ3) is 3.79. The summed E-state index contributed by atoms with van der Waals surface area (Å²) in [4.78, 5) is 11.8. The Kier molecular flexibility index (Phi) is 4.92. The van der Waals surface area contributed by atoms with E-state index in [1.165, 1.54) is 0 Å². The largest absolute Gasteiger partial charge is 0.382 e. The fraction of sp³-hybridized carbons (Fsp3) is 0.429. The smallest absolute Gasteiger partial charge is 0.241 e. The molecule has 0 spiro atoms. The number of para-hydroxylation sites is 1. The number of ether oxygens (including phenoxy) is 1. The van der Waals surface area contributed by atoms with Gasteiger partial charge >= 0.3 is 0 Å². The molecule has 5 nitrogen and oxygen atoms in total. The molecule has 0 fully saturated rings. The zero-order valence-corrected chi connectivity index (χ0v) is 11.1. The highest BCUT2D eigenvalue weighted by atomic mass is 16.5. The van der Waals surface area contributed by atoms with Crippen LogP contribution in [-0.4, -0.2) is 35.4 Å².